The zero-order chi connectivity index (χ0) is 12.3. The van der Waals surface area contributed by atoms with Crippen LogP contribution >= 0.6 is 11.3 Å². The topological polar surface area (TPSA) is 79.5 Å². The minimum absolute atomic E-state index is 0.0164. The van der Waals surface area contributed by atoms with Crippen LogP contribution in [0.2, 0.25) is 0 Å². The molecule has 5 nitrogen and oxygen atoms in total. The molecule has 1 aromatic rings. The lowest BCUT2D eigenvalue weighted by Gasteiger charge is -2.30. The smallest absolute Gasteiger partial charge is 0.273 e. The lowest BCUT2D eigenvalue weighted by molar-refractivity contribution is 0.0646. The van der Waals surface area contributed by atoms with Crippen molar-refractivity contribution in [2.24, 2.45) is 11.7 Å². The van der Waals surface area contributed by atoms with Crippen LogP contribution in [0.15, 0.2) is 5.38 Å². The second kappa shape index (κ2) is 5.57. The van der Waals surface area contributed by atoms with Gasteiger partial charge >= 0.3 is 0 Å². The number of nitrogens with zero attached hydrogens (tertiary/aromatic N) is 2. The first-order valence-corrected chi connectivity index (χ1v) is 6.67. The molecule has 0 unspecified atom stereocenters. The first-order valence-electron chi connectivity index (χ1n) is 5.79. The van der Waals surface area contributed by atoms with Gasteiger partial charge in [-0.25, -0.2) is 4.98 Å². The van der Waals surface area contributed by atoms with E-state index in [1.54, 1.807) is 5.38 Å². The monoisotopic (exact) mass is 255 g/mol. The van der Waals surface area contributed by atoms with Gasteiger partial charge in [-0.2, -0.15) is 0 Å². The molecule has 6 heteroatoms. The highest BCUT2D eigenvalue weighted by Gasteiger charge is 2.24. The number of nitrogens with two attached hydrogens (primary N) is 1. The van der Waals surface area contributed by atoms with Crippen LogP contribution in [-0.2, 0) is 6.54 Å². The van der Waals surface area contributed by atoms with Crippen molar-refractivity contribution in [3.05, 3.63) is 16.1 Å². The molecule has 17 heavy (non-hydrogen) atoms. The van der Waals surface area contributed by atoms with Gasteiger partial charge in [0.05, 0.1) is 0 Å². The fourth-order valence-electron chi connectivity index (χ4n) is 1.98. The van der Waals surface area contributed by atoms with E-state index in [-0.39, 0.29) is 12.5 Å². The Labute approximate surface area is 104 Å². The summed E-state index contributed by atoms with van der Waals surface area (Å²) in [6, 6.07) is 0. The molecule has 0 bridgehead atoms. The standard InChI is InChI=1S/C11H17N3O2S/c12-5-10-13-9(7-17-10)11(16)14-3-1-8(6-15)2-4-14/h7-8,15H,1-6,12H2. The number of amides is 1. The fourth-order valence-corrected chi connectivity index (χ4v) is 2.63. The summed E-state index contributed by atoms with van der Waals surface area (Å²) in [5.74, 6) is 0.325. The summed E-state index contributed by atoms with van der Waals surface area (Å²) in [6.45, 7) is 2.01. The molecular weight excluding hydrogens is 238 g/mol. The van der Waals surface area contributed by atoms with Gasteiger partial charge in [0, 0.05) is 31.6 Å². The molecule has 0 aliphatic carbocycles. The second-order valence-electron chi connectivity index (χ2n) is 4.25. The third kappa shape index (κ3) is 2.83. The van der Waals surface area contributed by atoms with Crippen LogP contribution in [0.25, 0.3) is 0 Å². The lowest BCUT2D eigenvalue weighted by Crippen LogP contribution is -2.39. The van der Waals surface area contributed by atoms with E-state index in [1.165, 1.54) is 11.3 Å². The molecule has 1 aromatic heterocycles. The average Bonchev–Trinajstić information content (AvgIpc) is 2.87. The number of hydrogen-bond donors (Lipinski definition) is 2. The first-order chi connectivity index (χ1) is 8.24. The molecule has 1 amide bonds. The fraction of sp³-hybridized carbons (Fsp3) is 0.636. The molecule has 0 spiro atoms. The van der Waals surface area contributed by atoms with Gasteiger partial charge in [-0.15, -0.1) is 11.3 Å². The summed E-state index contributed by atoms with van der Waals surface area (Å²) in [5.41, 5.74) is 5.97. The van der Waals surface area contributed by atoms with Crippen LogP contribution < -0.4 is 5.73 Å². The maximum atomic E-state index is 12.1. The number of piperidine rings is 1. The highest BCUT2D eigenvalue weighted by molar-refractivity contribution is 7.09. The van der Waals surface area contributed by atoms with Gasteiger partial charge in [-0.05, 0) is 18.8 Å². The Balaban J connectivity index is 1.96. The summed E-state index contributed by atoms with van der Waals surface area (Å²) in [6.07, 6.45) is 1.74. The Bertz CT molecular complexity index is 386. The van der Waals surface area contributed by atoms with Crippen LogP contribution in [0, 0.1) is 5.92 Å². The molecule has 0 radical (unpaired) electrons. The number of likely N-dealkylation sites (tertiary alicyclic amines) is 1. The van der Waals surface area contributed by atoms with Crippen molar-refractivity contribution in [2.75, 3.05) is 19.7 Å². The molecule has 1 fully saturated rings. The maximum absolute atomic E-state index is 12.1. The average molecular weight is 255 g/mol. The van der Waals surface area contributed by atoms with Gasteiger partial charge in [-0.1, -0.05) is 0 Å². The Hall–Kier alpha value is -0.980. The summed E-state index contributed by atoms with van der Waals surface area (Å²) in [4.78, 5) is 18.1. The number of carbonyl (C=O) groups is 1. The first kappa shape index (κ1) is 12.5. The van der Waals surface area contributed by atoms with E-state index in [2.05, 4.69) is 4.98 Å². The molecular formula is C11H17N3O2S. The van der Waals surface area contributed by atoms with Crippen LogP contribution in [-0.4, -0.2) is 40.6 Å². The van der Waals surface area contributed by atoms with Crippen LogP contribution in [0.1, 0.15) is 28.3 Å². The third-order valence-corrected chi connectivity index (χ3v) is 3.98. The van der Waals surface area contributed by atoms with Gasteiger partial charge in [0.1, 0.15) is 10.7 Å². The Morgan fingerprint density at radius 3 is 2.82 bits per heavy atom. The van der Waals surface area contributed by atoms with Crippen molar-refractivity contribution in [1.29, 1.82) is 0 Å². The number of aromatic nitrogens is 1. The zero-order valence-corrected chi connectivity index (χ0v) is 10.4. The molecule has 0 saturated carbocycles. The van der Waals surface area contributed by atoms with E-state index in [0.29, 0.717) is 31.2 Å². The Morgan fingerprint density at radius 1 is 1.59 bits per heavy atom. The van der Waals surface area contributed by atoms with Crippen molar-refractivity contribution in [2.45, 2.75) is 19.4 Å². The molecule has 2 heterocycles. The number of rotatable bonds is 3. The quantitative estimate of drug-likeness (QED) is 0.821. The van der Waals surface area contributed by atoms with Gasteiger partial charge in [0.25, 0.3) is 5.91 Å². The molecule has 2 rings (SSSR count). The summed E-state index contributed by atoms with van der Waals surface area (Å²) < 4.78 is 0. The molecule has 0 aromatic carbocycles. The zero-order valence-electron chi connectivity index (χ0n) is 9.63. The molecule has 1 saturated heterocycles. The predicted octanol–water partition coefficient (Wildman–Crippen LogP) is 0.446. The molecule has 3 N–H and O–H groups in total. The molecule has 1 aliphatic rings. The van der Waals surface area contributed by atoms with Gasteiger partial charge in [0.15, 0.2) is 0 Å². The molecule has 1 aliphatic heterocycles. The van der Waals surface area contributed by atoms with Gasteiger partial charge < -0.3 is 15.7 Å². The van der Waals surface area contributed by atoms with E-state index >= 15 is 0 Å². The Kier molecular flexibility index (Phi) is 4.09. The lowest BCUT2D eigenvalue weighted by atomic mass is 9.98. The predicted molar refractivity (Wildman–Crippen MR) is 65.7 cm³/mol. The van der Waals surface area contributed by atoms with Crippen molar-refractivity contribution >= 4 is 17.2 Å². The van der Waals surface area contributed by atoms with Crippen LogP contribution in [0.3, 0.4) is 0 Å². The van der Waals surface area contributed by atoms with E-state index in [1.807, 2.05) is 4.90 Å². The van der Waals surface area contributed by atoms with Crippen molar-refractivity contribution in [1.82, 2.24) is 9.88 Å². The third-order valence-electron chi connectivity index (χ3n) is 3.11. The minimum atomic E-state index is -0.0164. The second-order valence-corrected chi connectivity index (χ2v) is 5.19. The number of hydrogen-bond acceptors (Lipinski definition) is 5. The number of aliphatic hydroxyl groups is 1. The highest BCUT2D eigenvalue weighted by Crippen LogP contribution is 2.19. The van der Waals surface area contributed by atoms with Crippen LogP contribution in [0.5, 0.6) is 0 Å². The minimum Gasteiger partial charge on any atom is -0.396 e. The molecule has 0 atom stereocenters. The normalized spacial score (nSPS) is 17.4. The van der Waals surface area contributed by atoms with E-state index in [9.17, 15) is 4.79 Å². The van der Waals surface area contributed by atoms with Crippen LogP contribution in [0.4, 0.5) is 0 Å². The van der Waals surface area contributed by atoms with Crippen molar-refractivity contribution in [3.63, 3.8) is 0 Å². The summed E-state index contributed by atoms with van der Waals surface area (Å²) in [7, 11) is 0. The maximum Gasteiger partial charge on any atom is 0.273 e. The van der Waals surface area contributed by atoms with E-state index < -0.39 is 0 Å². The van der Waals surface area contributed by atoms with E-state index in [0.717, 1.165) is 17.8 Å². The number of carbonyl (C=O) groups excluding carboxylic acids is 1. The number of thiazole rings is 1. The SMILES string of the molecule is NCc1nc(C(=O)N2CCC(CO)CC2)cs1. The molecule has 94 valence electrons. The van der Waals surface area contributed by atoms with Crippen molar-refractivity contribution < 1.29 is 9.90 Å². The summed E-state index contributed by atoms with van der Waals surface area (Å²) >= 11 is 1.42. The number of aliphatic hydroxyl groups excluding tert-OH is 1. The Morgan fingerprint density at radius 2 is 2.29 bits per heavy atom. The van der Waals surface area contributed by atoms with E-state index in [4.69, 9.17) is 10.8 Å². The highest BCUT2D eigenvalue weighted by atomic mass is 32.1. The largest absolute Gasteiger partial charge is 0.396 e. The van der Waals surface area contributed by atoms with Gasteiger partial charge in [-0.3, -0.25) is 4.79 Å². The summed E-state index contributed by atoms with van der Waals surface area (Å²) in [5, 5.41) is 11.6. The van der Waals surface area contributed by atoms with Crippen molar-refractivity contribution in [3.8, 4) is 0 Å². The van der Waals surface area contributed by atoms with Gasteiger partial charge in [0.2, 0.25) is 0 Å².